The van der Waals surface area contributed by atoms with Gasteiger partial charge in [0.1, 0.15) is 0 Å². The van der Waals surface area contributed by atoms with Crippen LogP contribution in [0.2, 0.25) is 0 Å². The van der Waals surface area contributed by atoms with Crippen molar-refractivity contribution in [3.05, 3.63) is 34.5 Å². The zero-order valence-corrected chi connectivity index (χ0v) is 16.4. The Kier molecular flexibility index (Phi) is 4.02. The summed E-state index contributed by atoms with van der Waals surface area (Å²) >= 11 is 3.27. The van der Waals surface area contributed by atoms with Crippen LogP contribution in [-0.2, 0) is 5.41 Å². The largest absolute Gasteiger partial charge is 0.444 e. The van der Waals surface area contributed by atoms with Gasteiger partial charge in [0, 0.05) is 23.7 Å². The van der Waals surface area contributed by atoms with Gasteiger partial charge in [-0.15, -0.1) is 5.10 Å². The highest BCUT2D eigenvalue weighted by atomic mass is 79.9. The molecule has 2 aliphatic rings. The molecule has 4 rings (SSSR count). The van der Waals surface area contributed by atoms with E-state index in [4.69, 9.17) is 4.42 Å². The third-order valence-corrected chi connectivity index (χ3v) is 5.81. The van der Waals surface area contributed by atoms with Gasteiger partial charge < -0.3 is 9.32 Å². The van der Waals surface area contributed by atoms with Crippen LogP contribution >= 0.6 is 15.9 Å². The Hall–Kier alpha value is -1.63. The Balaban J connectivity index is 1.52. The first kappa shape index (κ1) is 16.8. The van der Waals surface area contributed by atoms with E-state index in [-0.39, 0.29) is 23.4 Å². The Morgan fingerprint density at radius 3 is 2.40 bits per heavy atom. The fraction of sp³-hybridized carbons (Fsp3) is 0.611. The van der Waals surface area contributed by atoms with E-state index in [2.05, 4.69) is 53.2 Å². The van der Waals surface area contributed by atoms with E-state index < -0.39 is 0 Å². The zero-order valence-electron chi connectivity index (χ0n) is 14.8. The van der Waals surface area contributed by atoms with Crippen molar-refractivity contribution in [2.45, 2.75) is 70.0 Å². The van der Waals surface area contributed by atoms with E-state index in [9.17, 15) is 4.79 Å². The molecule has 0 aromatic carbocycles. The topological polar surface area (TPSA) is 64.2 Å². The lowest BCUT2D eigenvalue weighted by Crippen LogP contribution is -2.46. The molecule has 2 bridgehead atoms. The maximum absolute atomic E-state index is 12.8. The number of aromatic nitrogens is 3. The Morgan fingerprint density at radius 2 is 1.88 bits per heavy atom. The predicted octanol–water partition coefficient (Wildman–Crippen LogP) is 3.94. The summed E-state index contributed by atoms with van der Waals surface area (Å²) in [6, 6.07) is 4.33. The molecule has 4 heterocycles. The maximum atomic E-state index is 12.8. The number of fused-ring (bicyclic) bond motifs is 2. The van der Waals surface area contributed by atoms with Gasteiger partial charge in [-0.2, -0.15) is 0 Å². The van der Waals surface area contributed by atoms with Gasteiger partial charge in [-0.3, -0.25) is 4.79 Å². The number of piperidine rings is 1. The third-order valence-electron chi connectivity index (χ3n) is 5.38. The van der Waals surface area contributed by atoms with E-state index in [0.29, 0.717) is 16.5 Å². The van der Waals surface area contributed by atoms with Crippen LogP contribution in [0, 0.1) is 0 Å². The second-order valence-electron chi connectivity index (χ2n) is 8.16. The standard InChI is InChI=1S/C18H23BrN4O2/c1-18(2,3)15-10-22(21-20-15)13-8-11-4-5-12(9-13)23(11)17(24)14-6-7-16(19)25-14/h6-7,10-13H,4-5,8-9H2,1-3H3. The van der Waals surface area contributed by atoms with Crippen LogP contribution in [0.4, 0.5) is 0 Å². The van der Waals surface area contributed by atoms with Crippen molar-refractivity contribution in [1.29, 1.82) is 0 Å². The molecule has 134 valence electrons. The van der Waals surface area contributed by atoms with Crippen LogP contribution in [0.15, 0.2) is 27.4 Å². The molecule has 2 unspecified atom stereocenters. The molecule has 2 aromatic heterocycles. The Bertz CT molecular complexity index is 777. The molecule has 2 saturated heterocycles. The fourth-order valence-corrected chi connectivity index (χ4v) is 4.36. The maximum Gasteiger partial charge on any atom is 0.290 e. The summed E-state index contributed by atoms with van der Waals surface area (Å²) in [5, 5.41) is 8.72. The molecule has 2 fully saturated rings. The number of amides is 1. The summed E-state index contributed by atoms with van der Waals surface area (Å²) < 4.78 is 8.08. The summed E-state index contributed by atoms with van der Waals surface area (Å²) in [6.45, 7) is 6.44. The summed E-state index contributed by atoms with van der Waals surface area (Å²) in [6.07, 6.45) is 6.03. The molecule has 0 N–H and O–H groups in total. The smallest absolute Gasteiger partial charge is 0.290 e. The second-order valence-corrected chi connectivity index (χ2v) is 8.94. The average molecular weight is 407 g/mol. The Labute approximate surface area is 155 Å². The second kappa shape index (κ2) is 5.97. The first-order valence-electron chi connectivity index (χ1n) is 8.83. The van der Waals surface area contributed by atoms with Gasteiger partial charge in [0.25, 0.3) is 5.91 Å². The molecule has 7 heteroatoms. The normalized spacial score (nSPS) is 26.2. The van der Waals surface area contributed by atoms with E-state index in [1.54, 1.807) is 12.1 Å². The summed E-state index contributed by atoms with van der Waals surface area (Å²) in [5.74, 6) is 0.420. The summed E-state index contributed by atoms with van der Waals surface area (Å²) in [4.78, 5) is 14.9. The van der Waals surface area contributed by atoms with Crippen LogP contribution in [0.5, 0.6) is 0 Å². The van der Waals surface area contributed by atoms with Crippen LogP contribution in [0.3, 0.4) is 0 Å². The number of hydrogen-bond donors (Lipinski definition) is 0. The molecule has 0 saturated carbocycles. The molecule has 0 spiro atoms. The first-order chi connectivity index (χ1) is 11.8. The minimum atomic E-state index is 0.000569. The van der Waals surface area contributed by atoms with Crippen LogP contribution < -0.4 is 0 Å². The third kappa shape index (κ3) is 3.03. The summed E-state index contributed by atoms with van der Waals surface area (Å²) in [5.41, 5.74) is 1.01. The van der Waals surface area contributed by atoms with E-state index >= 15 is 0 Å². The molecule has 1 amide bonds. The molecule has 6 nitrogen and oxygen atoms in total. The highest BCUT2D eigenvalue weighted by Crippen LogP contribution is 2.41. The fourth-order valence-electron chi connectivity index (χ4n) is 4.05. The van der Waals surface area contributed by atoms with Crippen LogP contribution in [0.25, 0.3) is 0 Å². The number of nitrogens with zero attached hydrogens (tertiary/aromatic N) is 4. The van der Waals surface area contributed by atoms with Gasteiger partial charge in [-0.25, -0.2) is 4.68 Å². The molecular formula is C18H23BrN4O2. The van der Waals surface area contributed by atoms with Crippen LogP contribution in [-0.4, -0.2) is 37.9 Å². The van der Waals surface area contributed by atoms with Crippen molar-refractivity contribution in [3.63, 3.8) is 0 Å². The number of carbonyl (C=O) groups excluding carboxylic acids is 1. The zero-order chi connectivity index (χ0) is 17.8. The SMILES string of the molecule is CC(C)(C)c1cn(C2CC3CCC(C2)N3C(=O)c2ccc(Br)o2)nn1. The molecule has 2 aromatic rings. The van der Waals surface area contributed by atoms with Gasteiger partial charge in [-0.05, 0) is 53.7 Å². The number of furan rings is 1. The van der Waals surface area contributed by atoms with Gasteiger partial charge in [0.15, 0.2) is 10.4 Å². The van der Waals surface area contributed by atoms with Gasteiger partial charge in [0.2, 0.25) is 0 Å². The van der Waals surface area contributed by atoms with Crippen molar-refractivity contribution < 1.29 is 9.21 Å². The number of halogens is 1. The lowest BCUT2D eigenvalue weighted by atomic mass is 9.93. The van der Waals surface area contributed by atoms with Crippen molar-refractivity contribution in [2.75, 3.05) is 0 Å². The molecule has 2 aliphatic heterocycles. The number of rotatable bonds is 2. The van der Waals surface area contributed by atoms with E-state index in [1.807, 2.05) is 9.58 Å². The highest BCUT2D eigenvalue weighted by Gasteiger charge is 2.45. The van der Waals surface area contributed by atoms with Gasteiger partial charge >= 0.3 is 0 Å². The van der Waals surface area contributed by atoms with Crippen molar-refractivity contribution in [2.24, 2.45) is 0 Å². The van der Waals surface area contributed by atoms with E-state index in [1.165, 1.54) is 0 Å². The molecule has 2 atom stereocenters. The molecule has 0 aliphatic carbocycles. The van der Waals surface area contributed by atoms with E-state index in [0.717, 1.165) is 31.4 Å². The van der Waals surface area contributed by atoms with Crippen LogP contribution in [0.1, 0.15) is 68.7 Å². The minimum Gasteiger partial charge on any atom is -0.444 e. The summed E-state index contributed by atoms with van der Waals surface area (Å²) in [7, 11) is 0. The average Bonchev–Trinajstić information content (AvgIpc) is 3.24. The number of carbonyl (C=O) groups is 1. The molecule has 0 radical (unpaired) electrons. The monoisotopic (exact) mass is 406 g/mol. The Morgan fingerprint density at radius 1 is 1.20 bits per heavy atom. The lowest BCUT2D eigenvalue weighted by Gasteiger charge is -2.38. The highest BCUT2D eigenvalue weighted by molar-refractivity contribution is 9.10. The quantitative estimate of drug-likeness (QED) is 0.757. The lowest BCUT2D eigenvalue weighted by molar-refractivity contribution is 0.0490. The van der Waals surface area contributed by atoms with Gasteiger partial charge in [-0.1, -0.05) is 26.0 Å². The van der Waals surface area contributed by atoms with Crippen molar-refractivity contribution >= 4 is 21.8 Å². The number of hydrogen-bond acceptors (Lipinski definition) is 4. The van der Waals surface area contributed by atoms with Crippen molar-refractivity contribution in [1.82, 2.24) is 19.9 Å². The predicted molar refractivity (Wildman–Crippen MR) is 96.4 cm³/mol. The molecular weight excluding hydrogens is 384 g/mol. The first-order valence-corrected chi connectivity index (χ1v) is 9.62. The minimum absolute atomic E-state index is 0.000569. The van der Waals surface area contributed by atoms with Crippen molar-refractivity contribution in [3.8, 4) is 0 Å². The van der Waals surface area contributed by atoms with Gasteiger partial charge in [0.05, 0.1) is 11.7 Å². The molecule has 25 heavy (non-hydrogen) atoms.